The van der Waals surface area contributed by atoms with E-state index >= 15 is 0 Å². The van der Waals surface area contributed by atoms with E-state index in [1.165, 1.54) is 11.3 Å². The average Bonchev–Trinajstić information content (AvgIpc) is 3.05. The summed E-state index contributed by atoms with van der Waals surface area (Å²) in [6.07, 6.45) is 3.42. The maximum atomic E-state index is 12.2. The molecule has 0 radical (unpaired) electrons. The maximum absolute atomic E-state index is 12.2. The van der Waals surface area contributed by atoms with Crippen molar-refractivity contribution < 1.29 is 8.42 Å². The third-order valence-electron chi connectivity index (χ3n) is 3.26. The molecule has 2 aromatic heterocycles. The summed E-state index contributed by atoms with van der Waals surface area (Å²) in [5, 5.41) is 3.02. The molecular weight excluding hydrogens is 366 g/mol. The van der Waals surface area contributed by atoms with Crippen LogP contribution < -0.4 is 4.72 Å². The number of sulfonamides is 1. The summed E-state index contributed by atoms with van der Waals surface area (Å²) in [6.45, 7) is 0.151. The summed E-state index contributed by atoms with van der Waals surface area (Å²) in [4.78, 5) is 8.48. The van der Waals surface area contributed by atoms with E-state index in [-0.39, 0.29) is 12.3 Å². The third kappa shape index (κ3) is 4.39. The molecule has 0 bridgehead atoms. The Morgan fingerprint density at radius 3 is 2.75 bits per heavy atom. The van der Waals surface area contributed by atoms with Gasteiger partial charge in [0.15, 0.2) is 0 Å². The molecule has 0 atom stereocenters. The quantitative estimate of drug-likeness (QED) is 0.711. The summed E-state index contributed by atoms with van der Waals surface area (Å²) in [5.41, 5.74) is 2.26. The van der Waals surface area contributed by atoms with Crippen molar-refractivity contribution in [1.29, 1.82) is 0 Å². The molecule has 0 aliphatic carbocycles. The van der Waals surface area contributed by atoms with Gasteiger partial charge < -0.3 is 0 Å². The van der Waals surface area contributed by atoms with Crippen molar-refractivity contribution in [1.82, 2.24) is 14.7 Å². The molecule has 1 N–H and O–H groups in total. The van der Waals surface area contributed by atoms with E-state index in [2.05, 4.69) is 14.7 Å². The van der Waals surface area contributed by atoms with Crippen LogP contribution in [-0.4, -0.2) is 18.4 Å². The van der Waals surface area contributed by atoms with Crippen LogP contribution in [-0.2, 0) is 22.3 Å². The molecule has 24 heavy (non-hydrogen) atoms. The number of aromatic nitrogens is 2. The number of pyridine rings is 1. The molecule has 8 heteroatoms. The van der Waals surface area contributed by atoms with Crippen molar-refractivity contribution >= 4 is 33.0 Å². The lowest BCUT2D eigenvalue weighted by molar-refractivity contribution is 0.580. The minimum absolute atomic E-state index is 0.151. The molecule has 0 aliphatic heterocycles. The molecule has 0 unspecified atom stereocenters. The molecule has 0 saturated carbocycles. The van der Waals surface area contributed by atoms with Crippen LogP contribution in [0.2, 0.25) is 5.02 Å². The van der Waals surface area contributed by atoms with Gasteiger partial charge in [-0.15, -0.1) is 11.3 Å². The molecule has 5 nitrogen and oxygen atoms in total. The molecule has 2 heterocycles. The molecule has 0 amide bonds. The van der Waals surface area contributed by atoms with Gasteiger partial charge in [0, 0.05) is 28.4 Å². The van der Waals surface area contributed by atoms with E-state index in [0.717, 1.165) is 11.3 Å². The fourth-order valence-corrected chi connectivity index (χ4v) is 4.32. The first-order valence-electron chi connectivity index (χ1n) is 7.09. The summed E-state index contributed by atoms with van der Waals surface area (Å²) < 4.78 is 27.0. The standard InChI is InChI=1S/C16H14ClN3O2S2/c17-14-6-2-1-4-13(14)11-24(21,22)19-9-16-20-15(10-23-16)12-5-3-7-18-8-12/h1-8,10,19H,9,11H2. The molecule has 3 aromatic rings. The molecule has 124 valence electrons. The lowest BCUT2D eigenvalue weighted by Gasteiger charge is -2.06. The number of hydrogen-bond acceptors (Lipinski definition) is 5. The number of rotatable bonds is 6. The average molecular weight is 380 g/mol. The van der Waals surface area contributed by atoms with E-state index in [9.17, 15) is 8.42 Å². The molecule has 3 rings (SSSR count). The van der Waals surface area contributed by atoms with Gasteiger partial charge in [0.05, 0.1) is 18.0 Å². The molecule has 0 fully saturated rings. The van der Waals surface area contributed by atoms with Gasteiger partial charge in [-0.1, -0.05) is 29.8 Å². The van der Waals surface area contributed by atoms with Gasteiger partial charge in [0.2, 0.25) is 10.0 Å². The normalized spacial score (nSPS) is 11.5. The van der Waals surface area contributed by atoms with Crippen LogP contribution >= 0.6 is 22.9 Å². The lowest BCUT2D eigenvalue weighted by atomic mass is 10.2. The fourth-order valence-electron chi connectivity index (χ4n) is 2.08. The Hall–Kier alpha value is -1.80. The van der Waals surface area contributed by atoms with Crippen LogP contribution in [0.4, 0.5) is 0 Å². The summed E-state index contributed by atoms with van der Waals surface area (Å²) >= 11 is 7.41. The second-order valence-electron chi connectivity index (χ2n) is 5.04. The summed E-state index contributed by atoms with van der Waals surface area (Å²) in [6, 6.07) is 10.6. The van der Waals surface area contributed by atoms with Gasteiger partial charge in [-0.05, 0) is 23.8 Å². The van der Waals surface area contributed by atoms with Crippen LogP contribution in [0, 0.1) is 0 Å². The molecule has 0 aliphatic rings. The van der Waals surface area contributed by atoms with Gasteiger partial charge >= 0.3 is 0 Å². The monoisotopic (exact) mass is 379 g/mol. The van der Waals surface area contributed by atoms with Crippen molar-refractivity contribution in [3.05, 3.63) is 69.8 Å². The number of benzene rings is 1. The van der Waals surface area contributed by atoms with E-state index in [1.807, 2.05) is 17.5 Å². The zero-order chi connectivity index (χ0) is 17.0. The van der Waals surface area contributed by atoms with E-state index < -0.39 is 10.0 Å². The zero-order valence-electron chi connectivity index (χ0n) is 12.5. The van der Waals surface area contributed by atoms with Gasteiger partial charge in [-0.3, -0.25) is 4.98 Å². The largest absolute Gasteiger partial charge is 0.264 e. The first-order valence-corrected chi connectivity index (χ1v) is 10.00. The predicted octanol–water partition coefficient (Wildman–Crippen LogP) is 3.48. The van der Waals surface area contributed by atoms with Gasteiger partial charge in [-0.2, -0.15) is 0 Å². The fraction of sp³-hybridized carbons (Fsp3) is 0.125. The predicted molar refractivity (Wildman–Crippen MR) is 96.3 cm³/mol. The van der Waals surface area contributed by atoms with E-state index in [4.69, 9.17) is 11.6 Å². The second kappa shape index (κ2) is 7.40. The Bertz CT molecular complexity index is 927. The molecule has 0 saturated heterocycles. The highest BCUT2D eigenvalue weighted by Gasteiger charge is 2.14. The Morgan fingerprint density at radius 2 is 2.00 bits per heavy atom. The van der Waals surface area contributed by atoms with E-state index in [1.54, 1.807) is 36.7 Å². The lowest BCUT2D eigenvalue weighted by Crippen LogP contribution is -2.24. The Kier molecular flexibility index (Phi) is 5.25. The number of thiazole rings is 1. The molecule has 1 aromatic carbocycles. The van der Waals surface area contributed by atoms with Crippen molar-refractivity contribution in [3.8, 4) is 11.3 Å². The van der Waals surface area contributed by atoms with Gasteiger partial charge in [0.25, 0.3) is 0 Å². The third-order valence-corrected chi connectivity index (χ3v) is 5.75. The minimum atomic E-state index is -3.49. The van der Waals surface area contributed by atoms with Crippen LogP contribution in [0.25, 0.3) is 11.3 Å². The Balaban J connectivity index is 1.65. The second-order valence-corrected chi connectivity index (χ2v) is 8.20. The maximum Gasteiger partial charge on any atom is 0.216 e. The molecule has 0 spiro atoms. The first kappa shape index (κ1) is 17.0. The highest BCUT2D eigenvalue weighted by atomic mass is 35.5. The van der Waals surface area contributed by atoms with Crippen molar-refractivity contribution in [2.75, 3.05) is 0 Å². The van der Waals surface area contributed by atoms with Crippen molar-refractivity contribution in [2.45, 2.75) is 12.3 Å². The van der Waals surface area contributed by atoms with Gasteiger partial charge in [-0.25, -0.2) is 18.1 Å². The topological polar surface area (TPSA) is 72.0 Å². The minimum Gasteiger partial charge on any atom is -0.264 e. The number of nitrogens with zero attached hydrogens (tertiary/aromatic N) is 2. The van der Waals surface area contributed by atoms with Crippen LogP contribution in [0.5, 0.6) is 0 Å². The smallest absolute Gasteiger partial charge is 0.216 e. The number of nitrogens with one attached hydrogen (secondary N) is 1. The highest BCUT2D eigenvalue weighted by molar-refractivity contribution is 7.88. The SMILES string of the molecule is O=S(=O)(Cc1ccccc1Cl)NCc1nc(-c2cccnc2)cs1. The van der Waals surface area contributed by atoms with Crippen LogP contribution in [0.15, 0.2) is 54.2 Å². The molecular formula is C16H14ClN3O2S2. The Morgan fingerprint density at radius 1 is 1.17 bits per heavy atom. The Labute approximate surface area is 149 Å². The van der Waals surface area contributed by atoms with Crippen molar-refractivity contribution in [2.24, 2.45) is 0 Å². The summed E-state index contributed by atoms with van der Waals surface area (Å²) in [7, 11) is -3.49. The van der Waals surface area contributed by atoms with Crippen LogP contribution in [0.1, 0.15) is 10.6 Å². The summed E-state index contributed by atoms with van der Waals surface area (Å²) in [5.74, 6) is -0.159. The van der Waals surface area contributed by atoms with Crippen LogP contribution in [0.3, 0.4) is 0 Å². The highest BCUT2D eigenvalue weighted by Crippen LogP contribution is 2.21. The zero-order valence-corrected chi connectivity index (χ0v) is 14.9. The van der Waals surface area contributed by atoms with E-state index in [0.29, 0.717) is 15.6 Å². The first-order chi connectivity index (χ1) is 11.5. The van der Waals surface area contributed by atoms with Crippen molar-refractivity contribution in [3.63, 3.8) is 0 Å². The van der Waals surface area contributed by atoms with Gasteiger partial charge in [0.1, 0.15) is 5.01 Å². The number of hydrogen-bond donors (Lipinski definition) is 1. The number of halogens is 1.